The summed E-state index contributed by atoms with van der Waals surface area (Å²) in [4.78, 5) is 34.6. The van der Waals surface area contributed by atoms with Gasteiger partial charge in [0.25, 0.3) is 0 Å². The lowest BCUT2D eigenvalue weighted by Gasteiger charge is -2.13. The Bertz CT molecular complexity index is 1260. The molecule has 1 aliphatic rings. The number of amides is 1. The van der Waals surface area contributed by atoms with Crippen LogP contribution in [0.5, 0.6) is 0 Å². The highest BCUT2D eigenvalue weighted by atomic mass is 31.2. The molecule has 36 heavy (non-hydrogen) atoms. The van der Waals surface area contributed by atoms with Crippen molar-refractivity contribution in [3.8, 4) is 0 Å². The Balaban J connectivity index is 1.55. The highest BCUT2D eigenvalue weighted by Gasteiger charge is 2.32. The highest BCUT2D eigenvalue weighted by Crippen LogP contribution is 2.37. The monoisotopic (exact) mass is 525 g/mol. The van der Waals surface area contributed by atoms with Crippen molar-refractivity contribution in [3.05, 3.63) is 35.9 Å². The molecular formula is C20H28N7O8P. The van der Waals surface area contributed by atoms with E-state index in [1.807, 2.05) is 13.8 Å². The minimum Gasteiger partial charge on any atom is -0.444 e. The smallest absolute Gasteiger partial charge is 0.444 e. The average molecular weight is 525 g/mol. The van der Waals surface area contributed by atoms with E-state index < -0.39 is 32.9 Å². The zero-order valence-corrected chi connectivity index (χ0v) is 20.8. The van der Waals surface area contributed by atoms with Crippen molar-refractivity contribution in [2.75, 3.05) is 19.0 Å². The molecule has 3 aromatic rings. The number of rotatable bonds is 10. The van der Waals surface area contributed by atoms with Crippen LogP contribution in [-0.2, 0) is 36.6 Å². The Labute approximate surface area is 205 Å². The van der Waals surface area contributed by atoms with Gasteiger partial charge in [-0.3, -0.25) is 4.52 Å². The van der Waals surface area contributed by atoms with E-state index in [0.717, 1.165) is 0 Å². The van der Waals surface area contributed by atoms with E-state index in [2.05, 4.69) is 30.3 Å². The number of phosphoric ester groups is 1. The first-order valence-corrected chi connectivity index (χ1v) is 12.6. The highest BCUT2D eigenvalue weighted by molar-refractivity contribution is 7.46. The fraction of sp³-hybridized carbons (Fsp3) is 0.500. The zero-order valence-electron chi connectivity index (χ0n) is 19.9. The van der Waals surface area contributed by atoms with Crippen LogP contribution in [0, 0.1) is 0 Å². The van der Waals surface area contributed by atoms with Gasteiger partial charge in [-0.15, -0.1) is 0 Å². The van der Waals surface area contributed by atoms with Crippen molar-refractivity contribution in [1.82, 2.24) is 29.7 Å². The number of ether oxygens (including phenoxy) is 3. The van der Waals surface area contributed by atoms with Crippen LogP contribution in [0.1, 0.15) is 37.8 Å². The average Bonchev–Trinajstić information content (AvgIpc) is 3.50. The lowest BCUT2D eigenvalue weighted by atomic mass is 10.1. The zero-order chi connectivity index (χ0) is 25.9. The van der Waals surface area contributed by atoms with Crippen LogP contribution in [-0.4, -0.2) is 66.1 Å². The molecule has 3 aromatic heterocycles. The lowest BCUT2D eigenvalue weighted by molar-refractivity contribution is 0.0677. The van der Waals surface area contributed by atoms with Crippen molar-refractivity contribution in [1.29, 1.82) is 0 Å². The minimum absolute atomic E-state index is 0.0617. The third-order valence-electron chi connectivity index (χ3n) is 5.10. The predicted octanol–water partition coefficient (Wildman–Crippen LogP) is 1.85. The van der Waals surface area contributed by atoms with Gasteiger partial charge < -0.3 is 34.6 Å². The molecule has 4 N–H and O–H groups in total. The van der Waals surface area contributed by atoms with Crippen molar-refractivity contribution in [3.63, 3.8) is 0 Å². The Morgan fingerprint density at radius 3 is 2.86 bits per heavy atom. The number of alkyl carbamates (subject to hydrolysis) is 1. The van der Waals surface area contributed by atoms with Crippen molar-refractivity contribution >= 4 is 31.1 Å². The molecule has 1 amide bonds. The second kappa shape index (κ2) is 10.9. The summed E-state index contributed by atoms with van der Waals surface area (Å²) < 4.78 is 35.1. The second-order valence-corrected chi connectivity index (χ2v) is 9.63. The molecule has 0 aromatic carbocycles. The SMILES string of the molecule is COCc1cc2c(Nc3cc([C@H]4C[C@@H](OC(=O)NC(C)C)CO4)nn3COP(=O)(O)O)nccn2n1. The first-order valence-electron chi connectivity index (χ1n) is 11.1. The van der Waals surface area contributed by atoms with Gasteiger partial charge in [0.1, 0.15) is 23.5 Å². The van der Waals surface area contributed by atoms with Gasteiger partial charge in [-0.25, -0.2) is 23.5 Å². The van der Waals surface area contributed by atoms with Gasteiger partial charge in [0, 0.05) is 38.0 Å². The fourth-order valence-corrected chi connectivity index (χ4v) is 3.90. The van der Waals surface area contributed by atoms with Crippen LogP contribution in [0.3, 0.4) is 0 Å². The molecule has 4 rings (SSSR count). The van der Waals surface area contributed by atoms with Crippen LogP contribution in [0.2, 0.25) is 0 Å². The molecule has 196 valence electrons. The molecule has 1 fully saturated rings. The number of methoxy groups -OCH3 is 1. The molecule has 2 atom stereocenters. The summed E-state index contributed by atoms with van der Waals surface area (Å²) >= 11 is 0. The molecule has 1 saturated heterocycles. The van der Waals surface area contributed by atoms with Gasteiger partial charge in [0.15, 0.2) is 12.5 Å². The number of nitrogens with zero attached hydrogens (tertiary/aromatic N) is 5. The number of carbonyl (C=O) groups is 1. The van der Waals surface area contributed by atoms with Crippen molar-refractivity contribution in [2.45, 2.75) is 51.9 Å². The molecule has 0 saturated carbocycles. The number of fused-ring (bicyclic) bond motifs is 1. The summed E-state index contributed by atoms with van der Waals surface area (Å²) in [6.07, 6.45) is 2.08. The summed E-state index contributed by atoms with van der Waals surface area (Å²) in [5.41, 5.74) is 1.80. The van der Waals surface area contributed by atoms with Gasteiger partial charge in [-0.2, -0.15) is 10.2 Å². The summed E-state index contributed by atoms with van der Waals surface area (Å²) in [5, 5.41) is 14.6. The van der Waals surface area contributed by atoms with Crippen molar-refractivity contribution < 1.29 is 37.9 Å². The summed E-state index contributed by atoms with van der Waals surface area (Å²) in [7, 11) is -3.19. The molecule has 15 nitrogen and oxygen atoms in total. The van der Waals surface area contributed by atoms with E-state index in [9.17, 15) is 9.36 Å². The Hall–Kier alpha value is -3.07. The van der Waals surface area contributed by atoms with E-state index in [1.54, 1.807) is 36.2 Å². The topological polar surface area (TPSA) is 184 Å². The lowest BCUT2D eigenvalue weighted by Crippen LogP contribution is -2.33. The molecule has 0 aliphatic carbocycles. The first kappa shape index (κ1) is 26.0. The fourth-order valence-electron chi connectivity index (χ4n) is 3.64. The molecule has 0 radical (unpaired) electrons. The van der Waals surface area contributed by atoms with E-state index in [1.165, 1.54) is 4.68 Å². The van der Waals surface area contributed by atoms with Crippen molar-refractivity contribution in [2.24, 2.45) is 0 Å². The summed E-state index contributed by atoms with van der Waals surface area (Å²) in [5.74, 6) is 0.772. The van der Waals surface area contributed by atoms with Crippen LogP contribution < -0.4 is 10.6 Å². The van der Waals surface area contributed by atoms with Gasteiger partial charge in [-0.05, 0) is 19.9 Å². The predicted molar refractivity (Wildman–Crippen MR) is 124 cm³/mol. The van der Waals surface area contributed by atoms with E-state index >= 15 is 0 Å². The van der Waals surface area contributed by atoms with Crippen LogP contribution in [0.15, 0.2) is 24.5 Å². The number of hydrogen-bond acceptors (Lipinski definition) is 10. The van der Waals surface area contributed by atoms with Gasteiger partial charge in [-0.1, -0.05) is 0 Å². The van der Waals surface area contributed by atoms with Crippen LogP contribution in [0.25, 0.3) is 5.52 Å². The first-order chi connectivity index (χ1) is 17.1. The maximum atomic E-state index is 11.9. The summed E-state index contributed by atoms with van der Waals surface area (Å²) in [6, 6.07) is 3.40. The van der Waals surface area contributed by atoms with Gasteiger partial charge in [0.05, 0.1) is 24.6 Å². The third kappa shape index (κ3) is 6.57. The number of carbonyl (C=O) groups excluding carboxylic acids is 1. The maximum absolute atomic E-state index is 11.9. The van der Waals surface area contributed by atoms with Crippen LogP contribution >= 0.6 is 7.82 Å². The molecule has 16 heteroatoms. The molecule has 0 bridgehead atoms. The maximum Gasteiger partial charge on any atom is 0.471 e. The normalized spacial score (nSPS) is 18.2. The molecular weight excluding hydrogens is 497 g/mol. The van der Waals surface area contributed by atoms with Gasteiger partial charge in [0.2, 0.25) is 0 Å². The van der Waals surface area contributed by atoms with Gasteiger partial charge >= 0.3 is 13.9 Å². The number of phosphoric acid groups is 1. The quantitative estimate of drug-likeness (QED) is 0.282. The minimum atomic E-state index is -4.76. The van der Waals surface area contributed by atoms with E-state index in [0.29, 0.717) is 41.6 Å². The number of hydrogen-bond donors (Lipinski definition) is 4. The number of nitrogens with one attached hydrogen (secondary N) is 2. The van der Waals surface area contributed by atoms with E-state index in [4.69, 9.17) is 24.0 Å². The second-order valence-electron chi connectivity index (χ2n) is 8.39. The molecule has 0 unspecified atom stereocenters. The summed E-state index contributed by atoms with van der Waals surface area (Å²) in [6.45, 7) is 3.62. The number of anilines is 2. The third-order valence-corrected chi connectivity index (χ3v) is 5.55. The molecule has 0 spiro atoms. The standard InChI is InChI=1S/C20H28N7O8P/c1-12(2)22-20(28)35-14-7-17(33-10-14)15-8-18(27(25-15)11-34-36(29,30)31)23-19-16-6-13(9-32-3)24-26(16)5-4-21-19/h4-6,8,12,14,17H,7,9-11H2,1-3H3,(H,21,23)(H,22,28)(H2,29,30,31)/t14-,17-/m1/s1. The largest absolute Gasteiger partial charge is 0.471 e. The Morgan fingerprint density at radius 1 is 1.33 bits per heavy atom. The Morgan fingerprint density at radius 2 is 2.14 bits per heavy atom. The molecule has 4 heterocycles. The Kier molecular flexibility index (Phi) is 7.88. The number of aromatic nitrogens is 5. The molecule has 1 aliphatic heterocycles. The van der Waals surface area contributed by atoms with Crippen LogP contribution in [0.4, 0.5) is 16.4 Å². The van der Waals surface area contributed by atoms with E-state index in [-0.39, 0.29) is 12.6 Å².